The molecule has 0 atom stereocenters. The van der Waals surface area contributed by atoms with E-state index in [2.05, 4.69) is 0 Å². The topological polar surface area (TPSA) is 60.9 Å². The molecule has 0 radical (unpaired) electrons. The summed E-state index contributed by atoms with van der Waals surface area (Å²) in [5.74, 6) is 0.658. The molecule has 1 aromatic carbocycles. The lowest BCUT2D eigenvalue weighted by molar-refractivity contribution is -0.138. The summed E-state index contributed by atoms with van der Waals surface area (Å²) in [7, 11) is 0. The van der Waals surface area contributed by atoms with Gasteiger partial charge in [0.05, 0.1) is 13.2 Å². The molecule has 0 aromatic heterocycles. The molecule has 7 heteroatoms. The van der Waals surface area contributed by atoms with Crippen LogP contribution in [0, 0.1) is 0 Å². The van der Waals surface area contributed by atoms with Crippen molar-refractivity contribution >= 4 is 35.2 Å². The smallest absolute Gasteiger partial charge is 0.242 e. The van der Waals surface area contributed by atoms with Crippen LogP contribution in [-0.2, 0) is 9.59 Å². The van der Waals surface area contributed by atoms with Crippen LogP contribution in [0.2, 0.25) is 5.02 Å². The Morgan fingerprint density at radius 2 is 2.04 bits per heavy atom. The van der Waals surface area contributed by atoms with Crippen molar-refractivity contribution in [2.24, 2.45) is 0 Å². The van der Waals surface area contributed by atoms with E-state index >= 15 is 0 Å². The zero-order chi connectivity index (χ0) is 16.7. The zero-order valence-electron chi connectivity index (χ0n) is 12.9. The van der Waals surface area contributed by atoms with Gasteiger partial charge in [0.15, 0.2) is 0 Å². The Morgan fingerprint density at radius 3 is 2.65 bits per heavy atom. The number of aliphatic hydroxyl groups is 1. The first-order valence-electron chi connectivity index (χ1n) is 7.65. The fraction of sp³-hybridized carbons (Fsp3) is 0.500. The van der Waals surface area contributed by atoms with Gasteiger partial charge in [-0.05, 0) is 30.7 Å². The third-order valence-corrected chi connectivity index (χ3v) is 4.91. The number of rotatable bonds is 8. The highest BCUT2D eigenvalue weighted by molar-refractivity contribution is 7.99. The molecule has 1 aliphatic heterocycles. The quantitative estimate of drug-likeness (QED) is 0.722. The van der Waals surface area contributed by atoms with Gasteiger partial charge < -0.3 is 14.9 Å². The van der Waals surface area contributed by atoms with E-state index in [4.69, 9.17) is 16.7 Å². The minimum Gasteiger partial charge on any atom is -0.395 e. The van der Waals surface area contributed by atoms with Crippen LogP contribution in [-0.4, -0.2) is 65.3 Å². The molecule has 1 N–H and O–H groups in total. The SMILES string of the molecule is O=C(CN1CCCC1=O)N(CCO)CCSc1ccc(Cl)cc1. The van der Waals surface area contributed by atoms with Crippen LogP contribution in [0.15, 0.2) is 29.2 Å². The maximum Gasteiger partial charge on any atom is 0.242 e. The number of hydrogen-bond donors (Lipinski definition) is 1. The third-order valence-electron chi connectivity index (χ3n) is 3.66. The highest BCUT2D eigenvalue weighted by atomic mass is 35.5. The average molecular weight is 357 g/mol. The molecular formula is C16H21ClN2O3S. The summed E-state index contributed by atoms with van der Waals surface area (Å²) in [6.45, 7) is 1.52. The fourth-order valence-electron chi connectivity index (χ4n) is 2.42. The number of benzene rings is 1. The molecular weight excluding hydrogens is 336 g/mol. The van der Waals surface area contributed by atoms with Crippen molar-refractivity contribution in [3.05, 3.63) is 29.3 Å². The van der Waals surface area contributed by atoms with E-state index in [1.54, 1.807) is 21.6 Å². The number of amides is 2. The number of halogens is 1. The van der Waals surface area contributed by atoms with Crippen LogP contribution >= 0.6 is 23.4 Å². The van der Waals surface area contributed by atoms with Crippen LogP contribution in [0.5, 0.6) is 0 Å². The van der Waals surface area contributed by atoms with E-state index in [1.807, 2.05) is 24.3 Å². The van der Waals surface area contributed by atoms with E-state index in [1.165, 1.54) is 0 Å². The van der Waals surface area contributed by atoms with Gasteiger partial charge in [0.2, 0.25) is 11.8 Å². The second-order valence-electron chi connectivity index (χ2n) is 5.33. The molecule has 23 heavy (non-hydrogen) atoms. The summed E-state index contributed by atoms with van der Waals surface area (Å²) in [5, 5.41) is 9.85. The van der Waals surface area contributed by atoms with Gasteiger partial charge in [0.25, 0.3) is 0 Å². The molecule has 1 aliphatic rings. The average Bonchev–Trinajstić information content (AvgIpc) is 2.93. The van der Waals surface area contributed by atoms with Gasteiger partial charge in [-0.25, -0.2) is 0 Å². The number of nitrogens with zero attached hydrogens (tertiary/aromatic N) is 2. The second kappa shape index (κ2) is 9.15. The molecule has 2 amide bonds. The van der Waals surface area contributed by atoms with E-state index in [0.29, 0.717) is 31.1 Å². The van der Waals surface area contributed by atoms with E-state index in [0.717, 1.165) is 17.1 Å². The number of carbonyl (C=O) groups excluding carboxylic acids is 2. The Labute approximate surface area is 145 Å². The standard InChI is InChI=1S/C16H21ClN2O3S/c17-13-3-5-14(6-4-13)23-11-9-18(8-10-20)16(22)12-19-7-1-2-15(19)21/h3-6,20H,1-2,7-12H2. The van der Waals surface area contributed by atoms with Gasteiger partial charge in [-0.3, -0.25) is 9.59 Å². The minimum absolute atomic E-state index is 0.0397. The first kappa shape index (κ1) is 18.1. The van der Waals surface area contributed by atoms with Gasteiger partial charge >= 0.3 is 0 Å². The summed E-state index contributed by atoms with van der Waals surface area (Å²) in [4.78, 5) is 28.2. The van der Waals surface area contributed by atoms with Crippen LogP contribution in [0.1, 0.15) is 12.8 Å². The van der Waals surface area contributed by atoms with Crippen molar-refractivity contribution in [3.8, 4) is 0 Å². The number of aliphatic hydroxyl groups excluding tert-OH is 1. The maximum absolute atomic E-state index is 12.3. The van der Waals surface area contributed by atoms with Crippen molar-refractivity contribution < 1.29 is 14.7 Å². The van der Waals surface area contributed by atoms with Crippen molar-refractivity contribution in [1.29, 1.82) is 0 Å². The van der Waals surface area contributed by atoms with Gasteiger partial charge in [-0.15, -0.1) is 11.8 Å². The molecule has 126 valence electrons. The van der Waals surface area contributed by atoms with Crippen LogP contribution in [0.4, 0.5) is 0 Å². The predicted molar refractivity (Wildman–Crippen MR) is 91.7 cm³/mol. The van der Waals surface area contributed by atoms with Gasteiger partial charge in [0, 0.05) is 41.7 Å². The van der Waals surface area contributed by atoms with Crippen molar-refractivity contribution in [3.63, 3.8) is 0 Å². The van der Waals surface area contributed by atoms with E-state index in [9.17, 15) is 9.59 Å². The molecule has 0 saturated carbocycles. The predicted octanol–water partition coefficient (Wildman–Crippen LogP) is 1.88. The molecule has 1 aromatic rings. The summed E-state index contributed by atoms with van der Waals surface area (Å²) in [6.07, 6.45) is 1.35. The summed E-state index contributed by atoms with van der Waals surface area (Å²) >= 11 is 7.48. The molecule has 0 spiro atoms. The van der Waals surface area contributed by atoms with Crippen LogP contribution < -0.4 is 0 Å². The second-order valence-corrected chi connectivity index (χ2v) is 6.93. The molecule has 2 rings (SSSR count). The fourth-order valence-corrected chi connectivity index (χ4v) is 3.42. The molecule has 1 heterocycles. The monoisotopic (exact) mass is 356 g/mol. The Hall–Kier alpha value is -1.24. The molecule has 0 bridgehead atoms. The Bertz CT molecular complexity index is 539. The lowest BCUT2D eigenvalue weighted by Crippen LogP contribution is -2.43. The zero-order valence-corrected chi connectivity index (χ0v) is 14.5. The molecule has 0 unspecified atom stereocenters. The van der Waals surface area contributed by atoms with E-state index < -0.39 is 0 Å². The normalized spacial score (nSPS) is 14.3. The van der Waals surface area contributed by atoms with Crippen molar-refractivity contribution in [2.75, 3.05) is 38.5 Å². The van der Waals surface area contributed by atoms with Gasteiger partial charge in [-0.1, -0.05) is 11.6 Å². The first-order chi connectivity index (χ1) is 11.1. The van der Waals surface area contributed by atoms with E-state index in [-0.39, 0.29) is 25.0 Å². The number of thioether (sulfide) groups is 1. The molecule has 1 saturated heterocycles. The molecule has 0 aliphatic carbocycles. The Balaban J connectivity index is 1.81. The highest BCUT2D eigenvalue weighted by Crippen LogP contribution is 2.20. The number of carbonyl (C=O) groups is 2. The Kier molecular flexibility index (Phi) is 7.20. The Morgan fingerprint density at radius 1 is 1.30 bits per heavy atom. The summed E-state index contributed by atoms with van der Waals surface area (Å²) < 4.78 is 0. The molecule has 1 fully saturated rings. The largest absolute Gasteiger partial charge is 0.395 e. The van der Waals surface area contributed by atoms with Gasteiger partial charge in [-0.2, -0.15) is 0 Å². The first-order valence-corrected chi connectivity index (χ1v) is 9.01. The summed E-state index contributed by atoms with van der Waals surface area (Å²) in [5.41, 5.74) is 0. The van der Waals surface area contributed by atoms with Crippen molar-refractivity contribution in [2.45, 2.75) is 17.7 Å². The molecule has 5 nitrogen and oxygen atoms in total. The van der Waals surface area contributed by atoms with Crippen molar-refractivity contribution in [1.82, 2.24) is 9.80 Å². The maximum atomic E-state index is 12.3. The highest BCUT2D eigenvalue weighted by Gasteiger charge is 2.24. The number of hydrogen-bond acceptors (Lipinski definition) is 4. The summed E-state index contributed by atoms with van der Waals surface area (Å²) in [6, 6.07) is 7.54. The minimum atomic E-state index is -0.106. The van der Waals surface area contributed by atoms with Crippen LogP contribution in [0.3, 0.4) is 0 Å². The third kappa shape index (κ3) is 5.71. The number of likely N-dealkylation sites (tertiary alicyclic amines) is 1. The lowest BCUT2D eigenvalue weighted by Gasteiger charge is -2.24. The lowest BCUT2D eigenvalue weighted by atomic mass is 10.4. The van der Waals surface area contributed by atoms with Crippen LogP contribution in [0.25, 0.3) is 0 Å². The van der Waals surface area contributed by atoms with Gasteiger partial charge in [0.1, 0.15) is 0 Å².